The van der Waals surface area contributed by atoms with E-state index in [-0.39, 0.29) is 6.10 Å². The number of nitrogens with one attached hydrogen (secondary N) is 1. The van der Waals surface area contributed by atoms with Crippen molar-refractivity contribution >= 4 is 5.69 Å². The van der Waals surface area contributed by atoms with Gasteiger partial charge in [0.15, 0.2) is 0 Å². The number of aliphatic hydroxyl groups excluding tert-OH is 1. The van der Waals surface area contributed by atoms with Crippen molar-refractivity contribution in [3.63, 3.8) is 0 Å². The van der Waals surface area contributed by atoms with Crippen molar-refractivity contribution < 1.29 is 5.11 Å². The van der Waals surface area contributed by atoms with Crippen LogP contribution in [0.5, 0.6) is 0 Å². The second-order valence-corrected chi connectivity index (χ2v) is 6.33. The van der Waals surface area contributed by atoms with Crippen LogP contribution in [0.2, 0.25) is 0 Å². The Morgan fingerprint density at radius 3 is 2.33 bits per heavy atom. The molecule has 0 amide bonds. The van der Waals surface area contributed by atoms with Crippen molar-refractivity contribution in [3.05, 3.63) is 29.8 Å². The third-order valence-corrected chi connectivity index (χ3v) is 4.68. The van der Waals surface area contributed by atoms with E-state index in [0.29, 0.717) is 12.0 Å². The lowest BCUT2D eigenvalue weighted by Gasteiger charge is -2.35. The zero-order chi connectivity index (χ0) is 15.2. The van der Waals surface area contributed by atoms with E-state index < -0.39 is 0 Å². The summed E-state index contributed by atoms with van der Waals surface area (Å²) < 4.78 is 0. The van der Waals surface area contributed by atoms with Gasteiger partial charge in [-0.15, -0.1) is 0 Å². The summed E-state index contributed by atoms with van der Waals surface area (Å²) in [7, 11) is 0. The maximum Gasteiger partial charge on any atom is 0.0541 e. The average molecular weight is 290 g/mol. The molecule has 1 heterocycles. The summed E-state index contributed by atoms with van der Waals surface area (Å²) in [5.74, 6) is 0.471. The minimum Gasteiger partial charge on any atom is -0.393 e. The van der Waals surface area contributed by atoms with E-state index >= 15 is 0 Å². The molecule has 2 rings (SSSR count). The van der Waals surface area contributed by atoms with Crippen LogP contribution in [0.15, 0.2) is 24.3 Å². The highest BCUT2D eigenvalue weighted by atomic mass is 16.3. The molecule has 1 saturated heterocycles. The lowest BCUT2D eigenvalue weighted by Crippen LogP contribution is -2.37. The average Bonchev–Trinajstić information content (AvgIpc) is 2.53. The Bertz CT molecular complexity index is 408. The van der Waals surface area contributed by atoms with Gasteiger partial charge in [-0.05, 0) is 63.3 Å². The summed E-state index contributed by atoms with van der Waals surface area (Å²) in [4.78, 5) is 2.44. The molecule has 118 valence electrons. The first-order valence-electron chi connectivity index (χ1n) is 8.38. The maximum atomic E-state index is 9.68. The van der Waals surface area contributed by atoms with Crippen LogP contribution < -0.4 is 10.2 Å². The van der Waals surface area contributed by atoms with Gasteiger partial charge in [-0.3, -0.25) is 0 Å². The van der Waals surface area contributed by atoms with E-state index in [4.69, 9.17) is 0 Å². The molecule has 2 N–H and O–H groups in total. The number of piperidine rings is 1. The van der Waals surface area contributed by atoms with Crippen LogP contribution in [0, 0.1) is 5.92 Å². The maximum absolute atomic E-state index is 9.68. The quantitative estimate of drug-likeness (QED) is 0.843. The Morgan fingerprint density at radius 1 is 1.19 bits per heavy atom. The molecule has 1 aromatic rings. The van der Waals surface area contributed by atoms with Crippen molar-refractivity contribution in [1.29, 1.82) is 0 Å². The first-order chi connectivity index (χ1) is 10.1. The first-order valence-corrected chi connectivity index (χ1v) is 8.38. The predicted octanol–water partition coefficient (Wildman–Crippen LogP) is 3.34. The number of nitrogens with zero attached hydrogens (tertiary/aromatic N) is 1. The van der Waals surface area contributed by atoms with E-state index in [1.54, 1.807) is 0 Å². The Labute approximate surface area is 129 Å². The number of aliphatic hydroxyl groups is 1. The lowest BCUT2D eigenvalue weighted by molar-refractivity contribution is 0.110. The highest BCUT2D eigenvalue weighted by molar-refractivity contribution is 5.48. The molecule has 0 saturated carbocycles. The Morgan fingerprint density at radius 2 is 1.81 bits per heavy atom. The summed E-state index contributed by atoms with van der Waals surface area (Å²) in [5.41, 5.74) is 2.66. The van der Waals surface area contributed by atoms with E-state index in [2.05, 4.69) is 48.3 Å². The van der Waals surface area contributed by atoms with Gasteiger partial charge in [0.1, 0.15) is 0 Å². The standard InChI is InChI=1S/C18H30N2O/c1-4-11-19-14(2)16-5-7-18(8-6-16)20-12-9-17(10-13-20)15(3)21/h5-8,14-15,17,19,21H,4,9-13H2,1-3H3. The molecule has 3 nitrogen and oxygen atoms in total. The highest BCUT2D eigenvalue weighted by Gasteiger charge is 2.22. The normalized spacial score (nSPS) is 19.5. The lowest BCUT2D eigenvalue weighted by atomic mass is 9.92. The van der Waals surface area contributed by atoms with Crippen LogP contribution >= 0.6 is 0 Å². The van der Waals surface area contributed by atoms with E-state index in [9.17, 15) is 5.11 Å². The van der Waals surface area contributed by atoms with Crippen LogP contribution in [0.4, 0.5) is 5.69 Å². The fraction of sp³-hybridized carbons (Fsp3) is 0.667. The SMILES string of the molecule is CCCNC(C)c1ccc(N2CCC(C(C)O)CC2)cc1. The summed E-state index contributed by atoms with van der Waals surface area (Å²) in [5, 5.41) is 13.2. The number of hydrogen-bond acceptors (Lipinski definition) is 3. The summed E-state index contributed by atoms with van der Waals surface area (Å²) >= 11 is 0. The van der Waals surface area contributed by atoms with Gasteiger partial charge in [0.25, 0.3) is 0 Å². The Kier molecular flexibility index (Phi) is 6.07. The van der Waals surface area contributed by atoms with Gasteiger partial charge < -0.3 is 15.3 Å². The molecular weight excluding hydrogens is 260 g/mol. The van der Waals surface area contributed by atoms with Crippen LogP contribution in [0.1, 0.15) is 51.6 Å². The molecule has 0 aliphatic carbocycles. The number of anilines is 1. The van der Waals surface area contributed by atoms with Crippen molar-refractivity contribution in [2.45, 2.75) is 52.2 Å². The molecule has 2 atom stereocenters. The molecular formula is C18H30N2O. The first kappa shape index (κ1) is 16.3. The van der Waals surface area contributed by atoms with E-state index in [0.717, 1.165) is 32.5 Å². The van der Waals surface area contributed by atoms with Gasteiger partial charge in [-0.1, -0.05) is 19.1 Å². The van der Waals surface area contributed by atoms with Crippen LogP contribution in [-0.4, -0.2) is 30.8 Å². The number of rotatable bonds is 6. The van der Waals surface area contributed by atoms with Gasteiger partial charge in [-0.2, -0.15) is 0 Å². The molecule has 0 radical (unpaired) electrons. The van der Waals surface area contributed by atoms with E-state index in [1.807, 2.05) is 6.92 Å². The van der Waals surface area contributed by atoms with Crippen LogP contribution in [0.3, 0.4) is 0 Å². The van der Waals surface area contributed by atoms with Crippen molar-refractivity contribution in [2.75, 3.05) is 24.5 Å². The van der Waals surface area contributed by atoms with E-state index in [1.165, 1.54) is 17.7 Å². The second-order valence-electron chi connectivity index (χ2n) is 6.33. The second kappa shape index (κ2) is 7.81. The molecule has 1 aromatic carbocycles. The van der Waals surface area contributed by atoms with Crippen LogP contribution in [0.25, 0.3) is 0 Å². The highest BCUT2D eigenvalue weighted by Crippen LogP contribution is 2.26. The largest absolute Gasteiger partial charge is 0.393 e. The summed E-state index contributed by atoms with van der Waals surface area (Å²) in [6.07, 6.45) is 3.18. The summed E-state index contributed by atoms with van der Waals surface area (Å²) in [6, 6.07) is 9.37. The van der Waals surface area contributed by atoms with Gasteiger partial charge in [0, 0.05) is 24.8 Å². The third-order valence-electron chi connectivity index (χ3n) is 4.68. The van der Waals surface area contributed by atoms with Crippen molar-refractivity contribution in [3.8, 4) is 0 Å². The molecule has 21 heavy (non-hydrogen) atoms. The van der Waals surface area contributed by atoms with Crippen molar-refractivity contribution in [1.82, 2.24) is 5.32 Å². The third kappa shape index (κ3) is 4.45. The molecule has 1 aliphatic rings. The fourth-order valence-electron chi connectivity index (χ4n) is 3.09. The van der Waals surface area contributed by atoms with Gasteiger partial charge >= 0.3 is 0 Å². The fourth-order valence-corrected chi connectivity index (χ4v) is 3.09. The predicted molar refractivity (Wildman–Crippen MR) is 89.8 cm³/mol. The minimum atomic E-state index is -0.167. The summed E-state index contributed by atoms with van der Waals surface area (Å²) in [6.45, 7) is 9.51. The van der Waals surface area contributed by atoms with Gasteiger partial charge in [0.2, 0.25) is 0 Å². The molecule has 0 spiro atoms. The zero-order valence-electron chi connectivity index (χ0n) is 13.7. The number of benzene rings is 1. The van der Waals surface area contributed by atoms with Crippen LogP contribution in [-0.2, 0) is 0 Å². The molecule has 3 heteroatoms. The molecule has 1 fully saturated rings. The topological polar surface area (TPSA) is 35.5 Å². The molecule has 2 unspecified atom stereocenters. The van der Waals surface area contributed by atoms with Gasteiger partial charge in [0.05, 0.1) is 6.10 Å². The smallest absolute Gasteiger partial charge is 0.0541 e. The van der Waals surface area contributed by atoms with Crippen molar-refractivity contribution in [2.24, 2.45) is 5.92 Å². The van der Waals surface area contributed by atoms with Gasteiger partial charge in [-0.25, -0.2) is 0 Å². The molecule has 0 aromatic heterocycles. The Balaban J connectivity index is 1.91. The monoisotopic (exact) mass is 290 g/mol. The zero-order valence-corrected chi connectivity index (χ0v) is 13.7. The Hall–Kier alpha value is -1.06. The number of hydrogen-bond donors (Lipinski definition) is 2. The minimum absolute atomic E-state index is 0.167. The molecule has 0 bridgehead atoms. The molecule has 1 aliphatic heterocycles.